The van der Waals surface area contributed by atoms with Crippen LogP contribution in [-0.2, 0) is 0 Å². The van der Waals surface area contributed by atoms with Gasteiger partial charge in [0.1, 0.15) is 5.75 Å². The Bertz CT molecular complexity index is 845. The highest BCUT2D eigenvalue weighted by atomic mass is 32.2. The quantitative estimate of drug-likeness (QED) is 0.356. The lowest BCUT2D eigenvalue weighted by atomic mass is 10.2. The minimum Gasteiger partial charge on any atom is -0.439 e. The number of hydrogen-bond acceptors (Lipinski definition) is 3. The van der Waals surface area contributed by atoms with E-state index in [9.17, 15) is 0 Å². The monoisotopic (exact) mass is 359 g/mol. The Labute approximate surface area is 159 Å². The van der Waals surface area contributed by atoms with Crippen LogP contribution < -0.4 is 4.74 Å². The van der Waals surface area contributed by atoms with E-state index >= 15 is 0 Å². The minimum absolute atomic E-state index is 0.363. The van der Waals surface area contributed by atoms with Crippen LogP contribution >= 0.6 is 11.8 Å². The van der Waals surface area contributed by atoms with Crippen LogP contribution in [0.1, 0.15) is 17.7 Å². The van der Waals surface area contributed by atoms with Crippen LogP contribution in [0.4, 0.5) is 5.69 Å². The van der Waals surface area contributed by atoms with Crippen molar-refractivity contribution in [2.45, 2.75) is 12.2 Å². The number of hydrogen-bond donors (Lipinski definition) is 0. The van der Waals surface area contributed by atoms with Gasteiger partial charge in [-0.05, 0) is 42.2 Å². The van der Waals surface area contributed by atoms with Gasteiger partial charge in [0.2, 0.25) is 5.90 Å². The van der Waals surface area contributed by atoms with Gasteiger partial charge in [0.15, 0.2) is 0 Å². The number of nitrogens with zero attached hydrogens (tertiary/aromatic N) is 1. The van der Waals surface area contributed by atoms with E-state index in [1.54, 1.807) is 11.8 Å². The summed E-state index contributed by atoms with van der Waals surface area (Å²) in [5, 5.41) is 2.41. The molecule has 0 fully saturated rings. The predicted molar refractivity (Wildman–Crippen MR) is 112 cm³/mol. The normalized spacial score (nSPS) is 12.9. The number of benzene rings is 3. The number of rotatable bonds is 6. The fraction of sp³-hybridized carbons (Fsp3) is 0.0870. The molecule has 1 unspecified atom stereocenters. The molecule has 0 N–H and O–H groups in total. The number of ether oxygens (including phenoxy) is 1. The molecule has 0 amide bonds. The van der Waals surface area contributed by atoms with E-state index in [1.807, 2.05) is 78.2 Å². The summed E-state index contributed by atoms with van der Waals surface area (Å²) in [6.07, 6.45) is 1.92. The largest absolute Gasteiger partial charge is 0.439 e. The smallest absolute Gasteiger partial charge is 0.220 e. The first kappa shape index (κ1) is 18.0. The average molecular weight is 359 g/mol. The van der Waals surface area contributed by atoms with Crippen molar-refractivity contribution in [1.82, 2.24) is 0 Å². The molecule has 0 aliphatic rings. The highest BCUT2D eigenvalue weighted by Gasteiger charge is 2.04. The Morgan fingerprint density at radius 2 is 1.42 bits per heavy atom. The van der Waals surface area contributed by atoms with Crippen LogP contribution in [0.2, 0.25) is 0 Å². The number of thioether (sulfide) groups is 1. The van der Waals surface area contributed by atoms with Gasteiger partial charge in [-0.3, -0.25) is 0 Å². The van der Waals surface area contributed by atoms with Gasteiger partial charge in [-0.15, -0.1) is 11.8 Å². The molecule has 0 aromatic heterocycles. The first-order valence-corrected chi connectivity index (χ1v) is 9.49. The van der Waals surface area contributed by atoms with Gasteiger partial charge >= 0.3 is 0 Å². The van der Waals surface area contributed by atoms with Crippen molar-refractivity contribution in [3.8, 4) is 5.75 Å². The van der Waals surface area contributed by atoms with E-state index in [2.05, 4.69) is 36.2 Å². The fourth-order valence-corrected chi connectivity index (χ4v) is 3.10. The molecule has 3 rings (SSSR count). The summed E-state index contributed by atoms with van der Waals surface area (Å²) in [6, 6.07) is 30.0. The third kappa shape index (κ3) is 5.64. The van der Waals surface area contributed by atoms with E-state index < -0.39 is 0 Å². The molecule has 0 saturated heterocycles. The Balaban J connectivity index is 1.74. The molecule has 130 valence electrons. The van der Waals surface area contributed by atoms with Gasteiger partial charge < -0.3 is 4.74 Å². The Hall–Kier alpha value is -2.78. The maximum Gasteiger partial charge on any atom is 0.220 e. The summed E-state index contributed by atoms with van der Waals surface area (Å²) < 4.78 is 5.96. The van der Waals surface area contributed by atoms with Crippen molar-refractivity contribution in [2.75, 3.05) is 0 Å². The van der Waals surface area contributed by atoms with Crippen LogP contribution in [0.15, 0.2) is 107 Å². The molecule has 0 spiro atoms. The Morgan fingerprint density at radius 1 is 0.846 bits per heavy atom. The second-order valence-electron chi connectivity index (χ2n) is 5.69. The molecule has 0 aliphatic heterocycles. The SMILES string of the molecule is CC(SC=CC(=Nc1ccccc1)Oc1ccccc1)c1ccccc1. The number of para-hydroxylation sites is 2. The molecule has 0 heterocycles. The van der Waals surface area contributed by atoms with Gasteiger partial charge in [-0.25, -0.2) is 4.99 Å². The fourth-order valence-electron chi connectivity index (χ4n) is 2.35. The summed E-state index contributed by atoms with van der Waals surface area (Å²) in [7, 11) is 0. The lowest BCUT2D eigenvalue weighted by Crippen LogP contribution is -2.04. The Morgan fingerprint density at radius 3 is 2.08 bits per heavy atom. The first-order chi connectivity index (χ1) is 12.8. The van der Waals surface area contributed by atoms with Crippen molar-refractivity contribution in [2.24, 2.45) is 4.99 Å². The number of aliphatic imine (C=N–C) groups is 1. The summed E-state index contributed by atoms with van der Waals surface area (Å²) in [5.74, 6) is 1.34. The lowest BCUT2D eigenvalue weighted by Gasteiger charge is -2.09. The van der Waals surface area contributed by atoms with Crippen molar-refractivity contribution >= 4 is 23.3 Å². The molecular weight excluding hydrogens is 338 g/mol. The summed E-state index contributed by atoms with van der Waals surface area (Å²) >= 11 is 1.74. The van der Waals surface area contributed by atoms with E-state index in [0.29, 0.717) is 11.1 Å². The van der Waals surface area contributed by atoms with E-state index in [4.69, 9.17) is 4.74 Å². The predicted octanol–water partition coefficient (Wildman–Crippen LogP) is 6.80. The van der Waals surface area contributed by atoms with Crippen LogP contribution in [0.5, 0.6) is 5.75 Å². The van der Waals surface area contributed by atoms with E-state index in [1.165, 1.54) is 5.56 Å². The summed E-state index contributed by atoms with van der Waals surface area (Å²) in [6.45, 7) is 2.19. The molecule has 1 atom stereocenters. The molecule has 0 aliphatic carbocycles. The van der Waals surface area contributed by atoms with Gasteiger partial charge in [0, 0.05) is 11.3 Å². The highest BCUT2D eigenvalue weighted by Crippen LogP contribution is 2.28. The van der Waals surface area contributed by atoms with E-state index in [0.717, 1.165) is 11.4 Å². The Kier molecular flexibility index (Phi) is 6.68. The van der Waals surface area contributed by atoms with Crippen LogP contribution in [0.3, 0.4) is 0 Å². The van der Waals surface area contributed by atoms with Crippen LogP contribution in [0, 0.1) is 0 Å². The topological polar surface area (TPSA) is 21.6 Å². The van der Waals surface area contributed by atoms with Gasteiger partial charge in [-0.1, -0.05) is 66.7 Å². The zero-order valence-electron chi connectivity index (χ0n) is 14.7. The second kappa shape index (κ2) is 9.64. The molecule has 3 aromatic rings. The maximum atomic E-state index is 5.96. The van der Waals surface area contributed by atoms with Crippen LogP contribution in [-0.4, -0.2) is 5.90 Å². The standard InChI is InChI=1S/C23H21NOS/c1-19(20-11-5-2-6-12-20)26-18-17-23(24-21-13-7-3-8-14-21)25-22-15-9-4-10-16-22/h2-19H,1H3. The zero-order chi connectivity index (χ0) is 18.0. The third-order valence-electron chi connectivity index (χ3n) is 3.72. The molecule has 3 heteroatoms. The van der Waals surface area contributed by atoms with Crippen molar-refractivity contribution < 1.29 is 4.74 Å². The lowest BCUT2D eigenvalue weighted by molar-refractivity contribution is 0.556. The van der Waals surface area contributed by atoms with Gasteiger partial charge in [0.05, 0.1) is 5.69 Å². The molecule has 3 aromatic carbocycles. The molecule has 0 bridgehead atoms. The van der Waals surface area contributed by atoms with Crippen molar-refractivity contribution in [3.05, 3.63) is 108 Å². The minimum atomic E-state index is 0.363. The highest BCUT2D eigenvalue weighted by molar-refractivity contribution is 8.02. The van der Waals surface area contributed by atoms with Gasteiger partial charge in [0.25, 0.3) is 0 Å². The second-order valence-corrected chi connectivity index (χ2v) is 6.94. The van der Waals surface area contributed by atoms with Gasteiger partial charge in [-0.2, -0.15) is 0 Å². The van der Waals surface area contributed by atoms with Crippen molar-refractivity contribution in [1.29, 1.82) is 0 Å². The third-order valence-corrected chi connectivity index (χ3v) is 4.70. The summed E-state index contributed by atoms with van der Waals surface area (Å²) in [5.41, 5.74) is 2.16. The van der Waals surface area contributed by atoms with Crippen LogP contribution in [0.25, 0.3) is 0 Å². The molecule has 0 radical (unpaired) electrons. The van der Waals surface area contributed by atoms with E-state index in [-0.39, 0.29) is 0 Å². The molecule has 26 heavy (non-hydrogen) atoms. The van der Waals surface area contributed by atoms with Crippen molar-refractivity contribution in [3.63, 3.8) is 0 Å². The molecule has 2 nitrogen and oxygen atoms in total. The molecule has 0 saturated carbocycles. The first-order valence-electron chi connectivity index (χ1n) is 8.55. The molecular formula is C23H21NOS. The average Bonchev–Trinajstić information content (AvgIpc) is 2.70. The zero-order valence-corrected chi connectivity index (χ0v) is 15.5. The summed E-state index contributed by atoms with van der Waals surface area (Å²) in [4.78, 5) is 4.62. The maximum absolute atomic E-state index is 5.96.